The van der Waals surface area contributed by atoms with Crippen molar-refractivity contribution in [3.63, 3.8) is 0 Å². The second-order valence-electron chi connectivity index (χ2n) is 6.23. The van der Waals surface area contributed by atoms with Crippen molar-refractivity contribution in [1.29, 1.82) is 0 Å². The Morgan fingerprint density at radius 3 is 2.70 bits per heavy atom. The van der Waals surface area contributed by atoms with Crippen LogP contribution in [0.15, 0.2) is 24.3 Å². The number of β-amino-alcohol motifs (C(OH)–C–C–N with tert-alkyl or cyclic N) is 1. The Morgan fingerprint density at radius 1 is 1.40 bits per heavy atom. The molecule has 108 valence electrons. The van der Waals surface area contributed by atoms with E-state index in [9.17, 15) is 9.90 Å². The maximum atomic E-state index is 12.4. The number of carbonyl (C=O) groups excluding carboxylic acids is 1. The summed E-state index contributed by atoms with van der Waals surface area (Å²) in [6.07, 6.45) is 2.27. The van der Waals surface area contributed by atoms with Crippen LogP contribution in [0, 0.1) is 5.92 Å². The minimum Gasteiger partial charge on any atom is -0.491 e. The van der Waals surface area contributed by atoms with Crippen LogP contribution in [0.1, 0.15) is 37.0 Å². The van der Waals surface area contributed by atoms with Gasteiger partial charge < -0.3 is 14.7 Å². The summed E-state index contributed by atoms with van der Waals surface area (Å²) in [4.78, 5) is 14.1. The van der Waals surface area contributed by atoms with Crippen LogP contribution in [0.5, 0.6) is 5.75 Å². The molecule has 4 heteroatoms. The Bertz CT molecular complexity index is 516. The van der Waals surface area contributed by atoms with Crippen LogP contribution in [-0.2, 0) is 0 Å². The molecule has 0 atom stereocenters. The van der Waals surface area contributed by atoms with Crippen molar-refractivity contribution < 1.29 is 14.6 Å². The van der Waals surface area contributed by atoms with Gasteiger partial charge in [0.15, 0.2) is 0 Å². The number of aliphatic hydroxyl groups is 1. The molecule has 1 aliphatic heterocycles. The summed E-state index contributed by atoms with van der Waals surface area (Å²) in [5, 5.41) is 10.3. The van der Waals surface area contributed by atoms with E-state index in [0.29, 0.717) is 30.3 Å². The van der Waals surface area contributed by atoms with Crippen LogP contribution >= 0.6 is 0 Å². The monoisotopic (exact) mass is 275 g/mol. The Kier molecular flexibility index (Phi) is 3.21. The molecule has 1 heterocycles. The largest absolute Gasteiger partial charge is 0.491 e. The predicted molar refractivity (Wildman–Crippen MR) is 75.8 cm³/mol. The second-order valence-corrected chi connectivity index (χ2v) is 6.23. The molecule has 1 amide bonds. The Hall–Kier alpha value is -1.55. The average Bonchev–Trinajstić information content (AvgIpc) is 3.18. The second kappa shape index (κ2) is 4.77. The third-order valence-electron chi connectivity index (χ3n) is 4.01. The standard InChI is InChI=1S/C16H21NO3/c1-11(2)20-14-5-3-4-12(8-14)15(18)17-9-16(19,10-17)13-6-7-13/h3-5,8,11,13,19H,6-7,9-10H2,1-2H3. The van der Waals surface area contributed by atoms with E-state index in [-0.39, 0.29) is 12.0 Å². The molecule has 1 aliphatic carbocycles. The highest BCUT2D eigenvalue weighted by atomic mass is 16.5. The molecular formula is C16H21NO3. The first-order valence-electron chi connectivity index (χ1n) is 7.26. The summed E-state index contributed by atoms with van der Waals surface area (Å²) < 4.78 is 5.61. The van der Waals surface area contributed by atoms with Crippen LogP contribution in [0.3, 0.4) is 0 Å². The van der Waals surface area contributed by atoms with Crippen LogP contribution in [-0.4, -0.2) is 40.7 Å². The highest BCUT2D eigenvalue weighted by Crippen LogP contribution is 2.44. The highest BCUT2D eigenvalue weighted by Gasteiger charge is 2.53. The molecule has 2 aliphatic rings. The number of hydrogen-bond acceptors (Lipinski definition) is 3. The average molecular weight is 275 g/mol. The first-order valence-corrected chi connectivity index (χ1v) is 7.26. The summed E-state index contributed by atoms with van der Waals surface area (Å²) in [6, 6.07) is 7.26. The van der Waals surface area contributed by atoms with Crippen molar-refractivity contribution in [2.75, 3.05) is 13.1 Å². The number of amides is 1. The van der Waals surface area contributed by atoms with Gasteiger partial charge in [-0.25, -0.2) is 0 Å². The molecule has 4 nitrogen and oxygen atoms in total. The first kappa shape index (κ1) is 13.4. The van der Waals surface area contributed by atoms with E-state index in [1.165, 1.54) is 0 Å². The van der Waals surface area contributed by atoms with E-state index in [4.69, 9.17) is 4.74 Å². The number of likely N-dealkylation sites (tertiary alicyclic amines) is 1. The SMILES string of the molecule is CC(C)Oc1cccc(C(=O)N2CC(O)(C3CC3)C2)c1. The van der Waals surface area contributed by atoms with Gasteiger partial charge in [0.1, 0.15) is 11.4 Å². The Morgan fingerprint density at radius 2 is 2.10 bits per heavy atom. The fraction of sp³-hybridized carbons (Fsp3) is 0.562. The van der Waals surface area contributed by atoms with Gasteiger partial charge in [-0.1, -0.05) is 6.07 Å². The van der Waals surface area contributed by atoms with Crippen molar-refractivity contribution in [3.8, 4) is 5.75 Å². The zero-order valence-electron chi connectivity index (χ0n) is 12.0. The number of nitrogens with zero attached hydrogens (tertiary/aromatic N) is 1. The van der Waals surface area contributed by atoms with Crippen molar-refractivity contribution in [2.24, 2.45) is 5.92 Å². The summed E-state index contributed by atoms with van der Waals surface area (Å²) in [7, 11) is 0. The lowest BCUT2D eigenvalue weighted by Gasteiger charge is -2.47. The fourth-order valence-corrected chi connectivity index (χ4v) is 2.79. The normalized spacial score (nSPS) is 20.7. The number of carbonyl (C=O) groups is 1. The van der Waals surface area contributed by atoms with Crippen molar-refractivity contribution >= 4 is 5.91 Å². The van der Waals surface area contributed by atoms with Crippen molar-refractivity contribution in [2.45, 2.75) is 38.4 Å². The molecule has 0 bridgehead atoms. The Balaban J connectivity index is 1.66. The molecule has 1 saturated carbocycles. The molecular weight excluding hydrogens is 254 g/mol. The van der Waals surface area contributed by atoms with E-state index in [0.717, 1.165) is 12.8 Å². The van der Waals surface area contributed by atoms with Gasteiger partial charge in [-0.05, 0) is 50.8 Å². The van der Waals surface area contributed by atoms with Gasteiger partial charge in [0.2, 0.25) is 0 Å². The van der Waals surface area contributed by atoms with Gasteiger partial charge >= 0.3 is 0 Å². The molecule has 1 aromatic carbocycles. The van der Waals surface area contributed by atoms with Crippen LogP contribution < -0.4 is 4.74 Å². The van der Waals surface area contributed by atoms with Gasteiger partial charge in [0.05, 0.1) is 19.2 Å². The lowest BCUT2D eigenvalue weighted by atomic mass is 9.88. The van der Waals surface area contributed by atoms with Gasteiger partial charge in [0.25, 0.3) is 5.91 Å². The zero-order chi connectivity index (χ0) is 14.3. The summed E-state index contributed by atoms with van der Waals surface area (Å²) in [6.45, 7) is 4.84. The van der Waals surface area contributed by atoms with Crippen molar-refractivity contribution in [1.82, 2.24) is 4.90 Å². The van der Waals surface area contributed by atoms with E-state index >= 15 is 0 Å². The summed E-state index contributed by atoms with van der Waals surface area (Å²) in [5.41, 5.74) is 0.00261. The van der Waals surface area contributed by atoms with Gasteiger partial charge in [0, 0.05) is 5.56 Å². The zero-order valence-corrected chi connectivity index (χ0v) is 12.0. The third-order valence-corrected chi connectivity index (χ3v) is 4.01. The lowest BCUT2D eigenvalue weighted by molar-refractivity contribution is -0.0958. The summed E-state index contributed by atoms with van der Waals surface area (Å²) >= 11 is 0. The minimum atomic E-state index is -0.623. The molecule has 1 aromatic rings. The molecule has 0 radical (unpaired) electrons. The minimum absolute atomic E-state index is 0.0236. The molecule has 0 unspecified atom stereocenters. The van der Waals surface area contributed by atoms with Crippen molar-refractivity contribution in [3.05, 3.63) is 29.8 Å². The molecule has 1 N–H and O–H groups in total. The maximum Gasteiger partial charge on any atom is 0.254 e. The van der Waals surface area contributed by atoms with E-state index < -0.39 is 5.60 Å². The first-order chi connectivity index (χ1) is 9.48. The van der Waals surface area contributed by atoms with Crippen LogP contribution in [0.4, 0.5) is 0 Å². The lowest BCUT2D eigenvalue weighted by Crippen LogP contribution is -2.64. The van der Waals surface area contributed by atoms with Gasteiger partial charge in [-0.3, -0.25) is 4.79 Å². The summed E-state index contributed by atoms with van der Waals surface area (Å²) in [5.74, 6) is 1.09. The van der Waals surface area contributed by atoms with E-state index in [2.05, 4.69) is 0 Å². The Labute approximate surface area is 119 Å². The molecule has 1 saturated heterocycles. The van der Waals surface area contributed by atoms with Gasteiger partial charge in [-0.15, -0.1) is 0 Å². The fourth-order valence-electron chi connectivity index (χ4n) is 2.79. The molecule has 2 fully saturated rings. The third kappa shape index (κ3) is 2.52. The number of hydrogen-bond donors (Lipinski definition) is 1. The maximum absolute atomic E-state index is 12.4. The highest BCUT2D eigenvalue weighted by molar-refractivity contribution is 5.95. The molecule has 0 spiro atoms. The molecule has 3 rings (SSSR count). The molecule has 0 aromatic heterocycles. The van der Waals surface area contributed by atoms with E-state index in [1.807, 2.05) is 26.0 Å². The topological polar surface area (TPSA) is 49.8 Å². The molecule has 20 heavy (non-hydrogen) atoms. The van der Waals surface area contributed by atoms with Crippen LogP contribution in [0.2, 0.25) is 0 Å². The quantitative estimate of drug-likeness (QED) is 0.915. The number of benzene rings is 1. The number of ether oxygens (including phenoxy) is 1. The van der Waals surface area contributed by atoms with E-state index in [1.54, 1.807) is 17.0 Å². The number of rotatable bonds is 4. The smallest absolute Gasteiger partial charge is 0.254 e. The predicted octanol–water partition coefficient (Wildman–Crippen LogP) is 2.07. The van der Waals surface area contributed by atoms with Crippen LogP contribution in [0.25, 0.3) is 0 Å². The van der Waals surface area contributed by atoms with Gasteiger partial charge in [-0.2, -0.15) is 0 Å².